The van der Waals surface area contributed by atoms with Crippen molar-refractivity contribution >= 4 is 39.0 Å². The van der Waals surface area contributed by atoms with Crippen molar-refractivity contribution in [2.75, 3.05) is 36.2 Å². The first-order chi connectivity index (χ1) is 15.9. The standard InChI is InChI=1S/C22H23FN6O2S2/c23-18-4-1-3-17(15-18)16-28-11-13-29(14-12-28)22(32)26-19-5-7-20(8-6-19)33(30,31)27-21-24-9-2-10-25-21/h1-10,15H,11-14,16H2,(H,26,32)(H,24,25,27). The van der Waals surface area contributed by atoms with Gasteiger partial charge in [-0.25, -0.2) is 27.5 Å². The quantitative estimate of drug-likeness (QED) is 0.514. The SMILES string of the molecule is O=S(=O)(Nc1ncccn1)c1ccc(NC(=S)N2CCN(Cc3cccc(F)c3)CC2)cc1. The minimum atomic E-state index is -3.79. The molecule has 0 unspecified atom stereocenters. The molecule has 1 fully saturated rings. The number of rotatable bonds is 6. The first kappa shape index (κ1) is 23.0. The van der Waals surface area contributed by atoms with Crippen LogP contribution in [0.5, 0.6) is 0 Å². The van der Waals surface area contributed by atoms with Crippen LogP contribution in [-0.4, -0.2) is 59.5 Å². The number of hydrogen-bond donors (Lipinski definition) is 2. The molecule has 0 saturated carbocycles. The van der Waals surface area contributed by atoms with E-state index < -0.39 is 10.0 Å². The van der Waals surface area contributed by atoms with E-state index >= 15 is 0 Å². The third-order valence-electron chi connectivity index (χ3n) is 5.16. The van der Waals surface area contributed by atoms with Crippen molar-refractivity contribution < 1.29 is 12.8 Å². The molecule has 0 radical (unpaired) electrons. The maximum atomic E-state index is 13.4. The molecule has 1 saturated heterocycles. The maximum absolute atomic E-state index is 13.4. The molecular weight excluding hydrogens is 463 g/mol. The van der Waals surface area contributed by atoms with Crippen molar-refractivity contribution in [2.24, 2.45) is 0 Å². The lowest BCUT2D eigenvalue weighted by Gasteiger charge is -2.36. The number of hydrogen-bond acceptors (Lipinski definition) is 6. The lowest BCUT2D eigenvalue weighted by Crippen LogP contribution is -2.49. The lowest BCUT2D eigenvalue weighted by atomic mass is 10.2. The molecule has 1 aliphatic rings. The molecule has 2 N–H and O–H groups in total. The number of nitrogens with one attached hydrogen (secondary N) is 2. The second-order valence-electron chi connectivity index (χ2n) is 7.53. The Morgan fingerprint density at radius 2 is 1.70 bits per heavy atom. The normalized spacial score (nSPS) is 14.6. The summed E-state index contributed by atoms with van der Waals surface area (Å²) >= 11 is 5.53. The number of halogens is 1. The second-order valence-corrected chi connectivity index (χ2v) is 9.59. The maximum Gasteiger partial charge on any atom is 0.264 e. The Bertz CT molecular complexity index is 1200. The highest BCUT2D eigenvalue weighted by Gasteiger charge is 2.20. The fourth-order valence-electron chi connectivity index (χ4n) is 3.45. The summed E-state index contributed by atoms with van der Waals surface area (Å²) in [5.74, 6) is -0.211. The highest BCUT2D eigenvalue weighted by Crippen LogP contribution is 2.17. The predicted molar refractivity (Wildman–Crippen MR) is 129 cm³/mol. The molecule has 2 aromatic carbocycles. The van der Waals surface area contributed by atoms with Gasteiger partial charge in [0.1, 0.15) is 5.82 Å². The molecule has 11 heteroatoms. The van der Waals surface area contributed by atoms with Gasteiger partial charge >= 0.3 is 0 Å². The van der Waals surface area contributed by atoms with E-state index in [9.17, 15) is 12.8 Å². The largest absolute Gasteiger partial charge is 0.346 e. The molecular formula is C22H23FN6O2S2. The van der Waals surface area contributed by atoms with Gasteiger partial charge in [-0.15, -0.1) is 0 Å². The fourth-order valence-corrected chi connectivity index (χ4v) is 4.71. The smallest absolute Gasteiger partial charge is 0.264 e. The van der Waals surface area contributed by atoms with E-state index in [0.29, 0.717) is 17.3 Å². The van der Waals surface area contributed by atoms with Crippen molar-refractivity contribution in [3.63, 3.8) is 0 Å². The van der Waals surface area contributed by atoms with Crippen LogP contribution in [0.4, 0.5) is 16.0 Å². The monoisotopic (exact) mass is 486 g/mol. The Kier molecular flexibility index (Phi) is 7.11. The van der Waals surface area contributed by atoms with Crippen molar-refractivity contribution in [2.45, 2.75) is 11.4 Å². The molecule has 1 aromatic heterocycles. The number of sulfonamides is 1. The first-order valence-electron chi connectivity index (χ1n) is 10.3. The molecule has 0 atom stereocenters. The van der Waals surface area contributed by atoms with E-state index in [1.165, 1.54) is 30.6 Å². The van der Waals surface area contributed by atoms with Gasteiger partial charge in [-0.05, 0) is 60.2 Å². The first-order valence-corrected chi connectivity index (χ1v) is 12.2. The van der Waals surface area contributed by atoms with E-state index in [4.69, 9.17) is 12.2 Å². The third-order valence-corrected chi connectivity index (χ3v) is 6.87. The number of benzene rings is 2. The zero-order valence-corrected chi connectivity index (χ0v) is 19.3. The van der Waals surface area contributed by atoms with E-state index in [1.54, 1.807) is 30.3 Å². The average molecular weight is 487 g/mol. The van der Waals surface area contributed by atoms with Crippen LogP contribution in [0.2, 0.25) is 0 Å². The van der Waals surface area contributed by atoms with Crippen molar-refractivity contribution in [1.82, 2.24) is 19.8 Å². The molecule has 172 valence electrons. The van der Waals surface area contributed by atoms with Gasteiger partial charge in [-0.3, -0.25) is 4.90 Å². The van der Waals surface area contributed by atoms with E-state index in [0.717, 1.165) is 31.7 Å². The van der Waals surface area contributed by atoms with E-state index in [-0.39, 0.29) is 16.7 Å². The van der Waals surface area contributed by atoms with Gasteiger partial charge in [0.15, 0.2) is 5.11 Å². The number of thiocarbonyl (C=S) groups is 1. The number of aromatic nitrogens is 2. The molecule has 0 amide bonds. The van der Waals surface area contributed by atoms with Gasteiger partial charge in [0.2, 0.25) is 5.95 Å². The number of nitrogens with zero attached hydrogens (tertiary/aromatic N) is 4. The zero-order chi connectivity index (χ0) is 23.3. The molecule has 2 heterocycles. The summed E-state index contributed by atoms with van der Waals surface area (Å²) in [6, 6.07) is 14.6. The summed E-state index contributed by atoms with van der Waals surface area (Å²) in [6.45, 7) is 3.80. The van der Waals surface area contributed by atoms with E-state index in [1.807, 2.05) is 6.07 Å². The molecule has 0 spiro atoms. The van der Waals surface area contributed by atoms with Gasteiger partial charge in [-0.2, -0.15) is 0 Å². The van der Waals surface area contributed by atoms with Gasteiger partial charge in [-0.1, -0.05) is 12.1 Å². The van der Waals surface area contributed by atoms with Crippen LogP contribution in [0.1, 0.15) is 5.56 Å². The number of anilines is 2. The average Bonchev–Trinajstić information content (AvgIpc) is 2.80. The molecule has 3 aromatic rings. The van der Waals surface area contributed by atoms with Crippen LogP contribution in [-0.2, 0) is 16.6 Å². The van der Waals surface area contributed by atoms with Crippen LogP contribution >= 0.6 is 12.2 Å². The number of piperazine rings is 1. The zero-order valence-electron chi connectivity index (χ0n) is 17.7. The Morgan fingerprint density at radius 3 is 2.36 bits per heavy atom. The fraction of sp³-hybridized carbons (Fsp3) is 0.227. The molecule has 8 nitrogen and oxygen atoms in total. The van der Waals surface area contributed by atoms with Crippen LogP contribution in [0.25, 0.3) is 0 Å². The van der Waals surface area contributed by atoms with Crippen molar-refractivity contribution in [3.05, 3.63) is 78.4 Å². The van der Waals surface area contributed by atoms with E-state index in [2.05, 4.69) is 29.8 Å². The summed E-state index contributed by atoms with van der Waals surface area (Å²) in [5.41, 5.74) is 1.64. The van der Waals surface area contributed by atoms with Crippen LogP contribution < -0.4 is 10.0 Å². The minimum absolute atomic E-state index is 0.0115. The summed E-state index contributed by atoms with van der Waals surface area (Å²) in [7, 11) is -3.79. The molecule has 33 heavy (non-hydrogen) atoms. The van der Waals surface area contributed by atoms with Gasteiger partial charge in [0.05, 0.1) is 4.90 Å². The summed E-state index contributed by atoms with van der Waals surface area (Å²) in [5, 5.41) is 3.74. The predicted octanol–water partition coefficient (Wildman–Crippen LogP) is 2.93. The minimum Gasteiger partial charge on any atom is -0.346 e. The third kappa shape index (κ3) is 6.21. The molecule has 1 aliphatic heterocycles. The summed E-state index contributed by atoms with van der Waals surface area (Å²) in [6.07, 6.45) is 2.92. The Morgan fingerprint density at radius 1 is 1.00 bits per heavy atom. The van der Waals surface area contributed by atoms with Gasteiger partial charge in [0, 0.05) is 50.8 Å². The van der Waals surface area contributed by atoms with Gasteiger partial charge < -0.3 is 10.2 Å². The van der Waals surface area contributed by atoms with Crippen molar-refractivity contribution in [3.8, 4) is 0 Å². The van der Waals surface area contributed by atoms with Crippen molar-refractivity contribution in [1.29, 1.82) is 0 Å². The highest BCUT2D eigenvalue weighted by atomic mass is 32.2. The van der Waals surface area contributed by atoms with Crippen LogP contribution in [0, 0.1) is 5.82 Å². The highest BCUT2D eigenvalue weighted by molar-refractivity contribution is 7.92. The topological polar surface area (TPSA) is 90.5 Å². The lowest BCUT2D eigenvalue weighted by molar-refractivity contribution is 0.177. The second kappa shape index (κ2) is 10.2. The van der Waals surface area contributed by atoms with Gasteiger partial charge in [0.25, 0.3) is 10.0 Å². The Labute approximate surface area is 197 Å². The molecule has 4 rings (SSSR count). The van der Waals surface area contributed by atoms with Crippen LogP contribution in [0.3, 0.4) is 0 Å². The molecule has 0 bridgehead atoms. The molecule has 0 aliphatic carbocycles. The summed E-state index contributed by atoms with van der Waals surface area (Å²) < 4.78 is 40.7. The Hall–Kier alpha value is -3.15. The van der Waals surface area contributed by atoms with Crippen LogP contribution in [0.15, 0.2) is 71.9 Å². The summed E-state index contributed by atoms with van der Waals surface area (Å²) in [4.78, 5) is 12.2. The Balaban J connectivity index is 1.29.